The third kappa shape index (κ3) is 3.07. The van der Waals surface area contributed by atoms with E-state index < -0.39 is 0 Å². The van der Waals surface area contributed by atoms with Crippen LogP contribution in [0.2, 0.25) is 0 Å². The van der Waals surface area contributed by atoms with Crippen molar-refractivity contribution < 1.29 is 9.38 Å². The molecule has 1 aliphatic heterocycles. The van der Waals surface area contributed by atoms with E-state index in [-0.39, 0.29) is 5.82 Å². The van der Waals surface area contributed by atoms with Crippen LogP contribution < -0.4 is 10.3 Å². The van der Waals surface area contributed by atoms with Crippen molar-refractivity contribution in [2.24, 2.45) is 0 Å². The van der Waals surface area contributed by atoms with Gasteiger partial charge in [-0.25, -0.2) is 9.71 Å². The highest BCUT2D eigenvalue weighted by atomic mass is 127. The third-order valence-electron chi connectivity index (χ3n) is 2.05. The first-order chi connectivity index (χ1) is 7.28. The molecule has 0 aliphatic carbocycles. The molecule has 0 saturated carbocycles. The van der Waals surface area contributed by atoms with E-state index >= 15 is 0 Å². The Bertz CT molecular complexity index is 366. The summed E-state index contributed by atoms with van der Waals surface area (Å²) in [6, 6.07) is 6.39. The lowest BCUT2D eigenvalue weighted by Gasteiger charge is -1.99. The highest BCUT2D eigenvalue weighted by Crippen LogP contribution is 2.17. The molecule has 5 heteroatoms. The number of halogens is 2. The van der Waals surface area contributed by atoms with E-state index in [0.29, 0.717) is 5.25 Å². The fourth-order valence-electron chi connectivity index (χ4n) is 1.28. The number of nitrogens with one attached hydrogen (secondary N) is 2. The predicted molar refractivity (Wildman–Crippen MR) is 71.1 cm³/mol. The largest absolute Gasteiger partial charge is 0.309 e. The average molecular weight is 337 g/mol. The van der Waals surface area contributed by atoms with Crippen LogP contribution in [0.3, 0.4) is 0 Å². The van der Waals surface area contributed by atoms with E-state index in [4.69, 9.17) is 0 Å². The van der Waals surface area contributed by atoms with Crippen molar-refractivity contribution in [2.45, 2.75) is 5.25 Å². The first-order valence-electron chi connectivity index (χ1n) is 4.64. The smallest absolute Gasteiger partial charge is 0.267 e. The summed E-state index contributed by atoms with van der Waals surface area (Å²) in [6.07, 6.45) is 0. The van der Waals surface area contributed by atoms with E-state index in [2.05, 4.69) is 32.9 Å². The molecule has 0 spiro atoms. The van der Waals surface area contributed by atoms with Gasteiger partial charge in [0.25, 0.3) is 0 Å². The van der Waals surface area contributed by atoms with Gasteiger partial charge in [-0.1, -0.05) is 22.6 Å². The van der Waals surface area contributed by atoms with E-state index in [9.17, 15) is 4.39 Å². The highest BCUT2D eigenvalue weighted by molar-refractivity contribution is 14.1. The van der Waals surface area contributed by atoms with Gasteiger partial charge >= 0.3 is 5.17 Å². The Balaban J connectivity index is 1.95. The molecule has 1 heterocycles. The monoisotopic (exact) mass is 337 g/mol. The Morgan fingerprint density at radius 2 is 2.20 bits per heavy atom. The van der Waals surface area contributed by atoms with Crippen LogP contribution in [0, 0.1) is 5.82 Å². The summed E-state index contributed by atoms with van der Waals surface area (Å²) in [6.45, 7) is 0.997. The molecule has 2 nitrogen and oxygen atoms in total. The Morgan fingerprint density at radius 1 is 1.47 bits per heavy atom. The maximum Gasteiger partial charge on any atom is 0.309 e. The first kappa shape index (κ1) is 11.2. The number of amidine groups is 1. The minimum absolute atomic E-state index is 0.206. The van der Waals surface area contributed by atoms with Crippen molar-refractivity contribution in [3.05, 3.63) is 30.1 Å². The van der Waals surface area contributed by atoms with E-state index in [1.54, 1.807) is 23.9 Å². The zero-order chi connectivity index (χ0) is 10.7. The molecule has 80 valence electrons. The molecular weight excluding hydrogens is 326 g/mol. The molecule has 0 bridgehead atoms. The van der Waals surface area contributed by atoms with E-state index in [1.165, 1.54) is 12.1 Å². The van der Waals surface area contributed by atoms with Crippen LogP contribution in [-0.2, 0) is 0 Å². The van der Waals surface area contributed by atoms with Crippen molar-refractivity contribution in [1.82, 2.24) is 0 Å². The fraction of sp³-hybridized carbons (Fsp3) is 0.300. The molecule has 1 atom stereocenters. The number of benzene rings is 1. The topological polar surface area (TPSA) is 26.0 Å². The molecule has 1 aromatic carbocycles. The number of hydrogen-bond donors (Lipinski definition) is 2. The van der Waals surface area contributed by atoms with Gasteiger partial charge in [-0.05, 0) is 36.0 Å². The Hall–Kier alpha value is -0.300. The van der Waals surface area contributed by atoms with Crippen molar-refractivity contribution >= 4 is 45.2 Å². The van der Waals surface area contributed by atoms with Crippen LogP contribution in [0.1, 0.15) is 0 Å². The van der Waals surface area contributed by atoms with Crippen molar-refractivity contribution in [3.63, 3.8) is 0 Å². The fourth-order valence-corrected chi connectivity index (χ4v) is 3.04. The number of thioether (sulfide) groups is 1. The van der Waals surface area contributed by atoms with Gasteiger partial charge in [-0.15, -0.1) is 0 Å². The van der Waals surface area contributed by atoms with Gasteiger partial charge in [-0.2, -0.15) is 0 Å². The maximum absolute atomic E-state index is 12.7. The molecule has 0 radical (unpaired) electrons. The normalized spacial score (nSPS) is 20.1. The lowest BCUT2D eigenvalue weighted by Crippen LogP contribution is -2.72. The van der Waals surface area contributed by atoms with Gasteiger partial charge < -0.3 is 0 Å². The quantitative estimate of drug-likeness (QED) is 0.627. The second kappa shape index (κ2) is 5.16. The maximum atomic E-state index is 12.7. The summed E-state index contributed by atoms with van der Waals surface area (Å²) in [5.41, 5.74) is 0.917. The summed E-state index contributed by atoms with van der Waals surface area (Å²) in [5.74, 6) is -0.206. The predicted octanol–water partition coefficient (Wildman–Crippen LogP) is 1.22. The zero-order valence-electron chi connectivity index (χ0n) is 7.97. The number of rotatable bonds is 2. The third-order valence-corrected chi connectivity index (χ3v) is 4.86. The summed E-state index contributed by atoms with van der Waals surface area (Å²) in [7, 11) is 0. The Labute approximate surface area is 106 Å². The zero-order valence-corrected chi connectivity index (χ0v) is 10.9. The average Bonchev–Trinajstić information content (AvgIpc) is 2.69. The van der Waals surface area contributed by atoms with E-state index in [1.807, 2.05) is 0 Å². The van der Waals surface area contributed by atoms with Crippen molar-refractivity contribution in [1.29, 1.82) is 0 Å². The summed E-state index contributed by atoms with van der Waals surface area (Å²) >= 11 is 4.19. The molecule has 15 heavy (non-hydrogen) atoms. The van der Waals surface area contributed by atoms with Crippen LogP contribution in [0.15, 0.2) is 24.3 Å². The molecular formula is C10H11FIN2S+. The molecule has 0 saturated heterocycles. The molecule has 0 aromatic heterocycles. The standard InChI is InChI=1S/C10H10FIN2S/c11-7-1-3-8(4-2-7)14-10-13-6-9(5-12)15-10/h1-4,9H,5-6H2,(H,13,14)/p+1. The Morgan fingerprint density at radius 3 is 2.80 bits per heavy atom. The second-order valence-electron chi connectivity index (χ2n) is 3.24. The van der Waals surface area contributed by atoms with Gasteiger partial charge in [-0.3, -0.25) is 4.99 Å². The second-order valence-corrected chi connectivity index (χ2v) is 5.43. The summed E-state index contributed by atoms with van der Waals surface area (Å²) in [4.78, 5) is 3.29. The molecule has 1 unspecified atom stereocenters. The van der Waals surface area contributed by atoms with Crippen LogP contribution in [0.5, 0.6) is 0 Å². The SMILES string of the molecule is Fc1ccc(NC2=[NH+]CC(CI)S2)cc1. The number of alkyl halides is 1. The lowest BCUT2D eigenvalue weighted by molar-refractivity contribution is -0.448. The molecule has 0 amide bonds. The molecule has 2 rings (SSSR count). The van der Waals surface area contributed by atoms with Gasteiger partial charge in [0.1, 0.15) is 11.5 Å². The molecule has 2 N–H and O–H groups in total. The highest BCUT2D eigenvalue weighted by Gasteiger charge is 2.23. The number of anilines is 1. The molecule has 1 aromatic rings. The van der Waals surface area contributed by atoms with Crippen LogP contribution >= 0.6 is 34.4 Å². The summed E-state index contributed by atoms with van der Waals surface area (Å²) in [5, 5.41) is 4.92. The van der Waals surface area contributed by atoms with Crippen LogP contribution in [-0.4, -0.2) is 21.4 Å². The van der Waals surface area contributed by atoms with Crippen LogP contribution in [0.4, 0.5) is 10.1 Å². The summed E-state index contributed by atoms with van der Waals surface area (Å²) < 4.78 is 13.8. The molecule has 0 fully saturated rings. The lowest BCUT2D eigenvalue weighted by atomic mass is 10.3. The minimum atomic E-state index is -0.206. The Kier molecular flexibility index (Phi) is 3.85. The van der Waals surface area contributed by atoms with Crippen molar-refractivity contribution in [3.8, 4) is 0 Å². The number of hydrogen-bond acceptors (Lipinski definition) is 2. The molecule has 1 aliphatic rings. The van der Waals surface area contributed by atoms with Crippen molar-refractivity contribution in [2.75, 3.05) is 16.3 Å². The van der Waals surface area contributed by atoms with Gasteiger partial charge in [0, 0.05) is 4.43 Å². The van der Waals surface area contributed by atoms with Gasteiger partial charge in [0.05, 0.1) is 11.8 Å². The van der Waals surface area contributed by atoms with E-state index in [0.717, 1.165) is 21.8 Å². The van der Waals surface area contributed by atoms with Gasteiger partial charge in [0.15, 0.2) is 0 Å². The minimum Gasteiger partial charge on any atom is -0.267 e. The van der Waals surface area contributed by atoms with Gasteiger partial charge in [0.2, 0.25) is 0 Å². The van der Waals surface area contributed by atoms with Crippen LogP contribution in [0.25, 0.3) is 0 Å². The first-order valence-corrected chi connectivity index (χ1v) is 7.04.